The fourth-order valence-electron chi connectivity index (χ4n) is 4.23. The van der Waals surface area contributed by atoms with Crippen LogP contribution in [0.15, 0.2) is 42.6 Å². The Balaban J connectivity index is 1.54. The molecule has 1 aliphatic heterocycles. The van der Waals surface area contributed by atoms with E-state index in [-0.39, 0.29) is 17.8 Å². The van der Waals surface area contributed by atoms with Crippen LogP contribution in [0, 0.1) is 13.8 Å². The van der Waals surface area contributed by atoms with Gasteiger partial charge in [0.15, 0.2) is 0 Å². The van der Waals surface area contributed by atoms with Gasteiger partial charge < -0.3 is 10.6 Å². The van der Waals surface area contributed by atoms with Gasteiger partial charge in [-0.15, -0.1) is 0 Å². The van der Waals surface area contributed by atoms with Gasteiger partial charge in [0.1, 0.15) is 0 Å². The number of benzene rings is 1. The molecule has 1 aromatic carbocycles. The zero-order valence-corrected chi connectivity index (χ0v) is 18.6. The van der Waals surface area contributed by atoms with Crippen LogP contribution < -0.4 is 5.73 Å². The van der Waals surface area contributed by atoms with Gasteiger partial charge in [-0.2, -0.15) is 0 Å². The molecule has 1 aliphatic rings. The van der Waals surface area contributed by atoms with E-state index < -0.39 is 0 Å². The number of nitrogens with zero attached hydrogens (tertiary/aromatic N) is 4. The van der Waals surface area contributed by atoms with Crippen molar-refractivity contribution >= 4 is 23.5 Å². The van der Waals surface area contributed by atoms with Crippen LogP contribution in [-0.4, -0.2) is 38.8 Å². The fourth-order valence-corrected chi connectivity index (χ4v) is 4.44. The summed E-state index contributed by atoms with van der Waals surface area (Å²) in [7, 11) is 0. The standard InChI is InChI=1S/C24H26ClN5O/c1-15-9-18(10-17-5-3-7-20(25)11-17)12-22(28-15)19-6-4-8-30(14-19)23(31)21-13-27-24(26)29-16(21)2/h3,5,7,9,11-13,19H,4,6,8,10,14H2,1-2H3,(H2,26,27,29)/t19-/m1/s1. The van der Waals surface area contributed by atoms with Gasteiger partial charge in [0.05, 0.1) is 11.3 Å². The van der Waals surface area contributed by atoms with Crippen molar-refractivity contribution in [3.05, 3.63) is 81.4 Å². The Morgan fingerprint density at radius 2 is 2.03 bits per heavy atom. The second-order valence-corrected chi connectivity index (χ2v) is 8.60. The Morgan fingerprint density at radius 1 is 1.19 bits per heavy atom. The normalized spacial score (nSPS) is 16.4. The summed E-state index contributed by atoms with van der Waals surface area (Å²) in [6, 6.07) is 12.2. The van der Waals surface area contributed by atoms with Crippen molar-refractivity contribution in [2.24, 2.45) is 0 Å². The van der Waals surface area contributed by atoms with Gasteiger partial charge in [-0.3, -0.25) is 9.78 Å². The van der Waals surface area contributed by atoms with Gasteiger partial charge >= 0.3 is 0 Å². The van der Waals surface area contributed by atoms with Gasteiger partial charge in [-0.1, -0.05) is 23.7 Å². The first kappa shape index (κ1) is 21.2. The lowest BCUT2D eigenvalue weighted by Gasteiger charge is -2.33. The number of halogens is 1. The number of nitrogens with two attached hydrogens (primary N) is 1. The second-order valence-electron chi connectivity index (χ2n) is 8.17. The molecule has 2 aromatic heterocycles. The molecule has 2 N–H and O–H groups in total. The number of amides is 1. The van der Waals surface area contributed by atoms with Crippen LogP contribution in [-0.2, 0) is 6.42 Å². The number of nitrogen functional groups attached to an aromatic ring is 1. The molecule has 3 aromatic rings. The van der Waals surface area contributed by atoms with Gasteiger partial charge in [0.2, 0.25) is 5.95 Å². The molecular weight excluding hydrogens is 410 g/mol. The number of likely N-dealkylation sites (tertiary alicyclic amines) is 1. The molecule has 3 heterocycles. The summed E-state index contributed by atoms with van der Waals surface area (Å²) < 4.78 is 0. The maximum Gasteiger partial charge on any atom is 0.257 e. The number of aryl methyl sites for hydroxylation is 2. The van der Waals surface area contributed by atoms with Gasteiger partial charge in [-0.25, -0.2) is 9.97 Å². The van der Waals surface area contributed by atoms with Crippen molar-refractivity contribution in [1.82, 2.24) is 19.9 Å². The Hall–Kier alpha value is -2.99. The molecule has 6 nitrogen and oxygen atoms in total. The SMILES string of the molecule is Cc1cc(Cc2cccc(Cl)c2)cc([C@@H]2CCCN(C(=O)c3cnc(N)nc3C)C2)n1. The molecule has 1 fully saturated rings. The molecule has 0 radical (unpaired) electrons. The number of pyridine rings is 1. The summed E-state index contributed by atoms with van der Waals surface area (Å²) in [5, 5.41) is 0.742. The topological polar surface area (TPSA) is 85.0 Å². The monoisotopic (exact) mass is 435 g/mol. The first-order valence-corrected chi connectivity index (χ1v) is 10.9. The molecule has 31 heavy (non-hydrogen) atoms. The molecule has 0 aliphatic carbocycles. The number of carbonyl (C=O) groups excluding carboxylic acids is 1. The van der Waals surface area contributed by atoms with Crippen molar-refractivity contribution in [2.75, 3.05) is 18.8 Å². The highest BCUT2D eigenvalue weighted by Gasteiger charge is 2.28. The van der Waals surface area contributed by atoms with Gasteiger partial charge in [0, 0.05) is 41.6 Å². The largest absolute Gasteiger partial charge is 0.368 e. The summed E-state index contributed by atoms with van der Waals surface area (Å²) in [6.45, 7) is 5.17. The predicted octanol–water partition coefficient (Wildman–Crippen LogP) is 4.33. The molecule has 0 unspecified atom stereocenters. The maximum absolute atomic E-state index is 13.1. The molecule has 0 saturated carbocycles. The molecule has 4 rings (SSSR count). The predicted molar refractivity (Wildman–Crippen MR) is 122 cm³/mol. The fraction of sp³-hybridized carbons (Fsp3) is 0.333. The lowest BCUT2D eigenvalue weighted by atomic mass is 9.92. The molecule has 1 saturated heterocycles. The van der Waals surface area contributed by atoms with E-state index in [4.69, 9.17) is 22.3 Å². The lowest BCUT2D eigenvalue weighted by molar-refractivity contribution is 0.0704. The van der Waals surface area contributed by atoms with E-state index in [1.54, 1.807) is 6.92 Å². The number of hydrogen-bond acceptors (Lipinski definition) is 5. The summed E-state index contributed by atoms with van der Waals surface area (Å²) >= 11 is 6.15. The zero-order valence-electron chi connectivity index (χ0n) is 17.8. The van der Waals surface area contributed by atoms with Gasteiger partial charge in [-0.05, 0) is 68.5 Å². The smallest absolute Gasteiger partial charge is 0.257 e. The number of aromatic nitrogens is 3. The van der Waals surface area contributed by atoms with E-state index in [0.29, 0.717) is 17.8 Å². The van der Waals surface area contributed by atoms with E-state index in [9.17, 15) is 4.79 Å². The highest BCUT2D eigenvalue weighted by Crippen LogP contribution is 2.28. The van der Waals surface area contributed by atoms with Crippen molar-refractivity contribution in [3.8, 4) is 0 Å². The minimum Gasteiger partial charge on any atom is -0.368 e. The summed E-state index contributed by atoms with van der Waals surface area (Å²) in [6.07, 6.45) is 4.27. The molecule has 0 bridgehead atoms. The molecule has 7 heteroatoms. The number of anilines is 1. The van der Waals surface area contributed by atoms with Crippen LogP contribution in [0.4, 0.5) is 5.95 Å². The second kappa shape index (κ2) is 9.02. The molecule has 1 amide bonds. The third kappa shape index (κ3) is 5.02. The minimum absolute atomic E-state index is 0.0472. The van der Waals surface area contributed by atoms with Crippen LogP contribution in [0.5, 0.6) is 0 Å². The van der Waals surface area contributed by atoms with Crippen LogP contribution in [0.25, 0.3) is 0 Å². The number of carbonyl (C=O) groups is 1. The quantitative estimate of drug-likeness (QED) is 0.659. The van der Waals surface area contributed by atoms with Crippen LogP contribution in [0.3, 0.4) is 0 Å². The van der Waals surface area contributed by atoms with Gasteiger partial charge in [0.25, 0.3) is 5.91 Å². The Labute approximate surface area is 187 Å². The maximum atomic E-state index is 13.1. The van der Waals surface area contributed by atoms with Crippen LogP contribution >= 0.6 is 11.6 Å². The summed E-state index contributed by atoms with van der Waals surface area (Å²) in [4.78, 5) is 27.9. The van der Waals surface area contributed by atoms with Crippen molar-refractivity contribution in [2.45, 2.75) is 39.0 Å². The van der Waals surface area contributed by atoms with E-state index in [0.717, 1.165) is 42.2 Å². The average Bonchev–Trinajstić information content (AvgIpc) is 2.73. The first-order chi connectivity index (χ1) is 14.9. The van der Waals surface area contributed by atoms with E-state index in [1.807, 2.05) is 30.0 Å². The van der Waals surface area contributed by atoms with E-state index >= 15 is 0 Å². The molecular formula is C24H26ClN5O. The first-order valence-electron chi connectivity index (χ1n) is 10.5. The number of piperidine rings is 1. The van der Waals surface area contributed by atoms with Crippen LogP contribution in [0.1, 0.15) is 57.3 Å². The summed E-state index contributed by atoms with van der Waals surface area (Å²) in [5.41, 5.74) is 11.2. The number of hydrogen-bond donors (Lipinski definition) is 1. The van der Waals surface area contributed by atoms with E-state index in [2.05, 4.69) is 28.2 Å². The number of rotatable bonds is 4. The molecule has 160 valence electrons. The van der Waals surface area contributed by atoms with Crippen molar-refractivity contribution < 1.29 is 4.79 Å². The Bertz CT molecular complexity index is 1120. The molecule has 1 atom stereocenters. The third-order valence-corrected chi connectivity index (χ3v) is 5.92. The van der Waals surface area contributed by atoms with Crippen molar-refractivity contribution in [3.63, 3.8) is 0 Å². The highest BCUT2D eigenvalue weighted by molar-refractivity contribution is 6.30. The highest BCUT2D eigenvalue weighted by atomic mass is 35.5. The minimum atomic E-state index is -0.0472. The third-order valence-electron chi connectivity index (χ3n) is 5.69. The Morgan fingerprint density at radius 3 is 2.81 bits per heavy atom. The van der Waals surface area contributed by atoms with Crippen LogP contribution in [0.2, 0.25) is 5.02 Å². The Kier molecular flexibility index (Phi) is 6.18. The van der Waals surface area contributed by atoms with Crippen molar-refractivity contribution in [1.29, 1.82) is 0 Å². The molecule has 0 spiro atoms. The lowest BCUT2D eigenvalue weighted by Crippen LogP contribution is -2.39. The zero-order chi connectivity index (χ0) is 22.0. The average molecular weight is 436 g/mol. The van der Waals surface area contributed by atoms with E-state index in [1.165, 1.54) is 17.3 Å². The summed E-state index contributed by atoms with van der Waals surface area (Å²) in [5.74, 6) is 0.335.